The van der Waals surface area contributed by atoms with Gasteiger partial charge in [0.15, 0.2) is 28.4 Å². The largest absolute Gasteiger partial charge is 0.504 e. The molecule has 3 aromatic rings. The molecule has 2 aromatic carbocycles. The number of hydrogen-bond acceptors (Lipinski definition) is 9. The molecule has 1 aromatic heterocycles. The smallest absolute Gasteiger partial charge is 0.204 e. The third-order valence-electron chi connectivity index (χ3n) is 4.41. The van der Waals surface area contributed by atoms with Gasteiger partial charge in [0, 0.05) is 18.2 Å². The molecular weight excluding hydrogens is 384 g/mol. The number of hydrogen-bond donors (Lipinski definition) is 2. The number of ether oxygens (including phenoxy) is 5. The molecule has 0 fully saturated rings. The first kappa shape index (κ1) is 20.0. The summed E-state index contributed by atoms with van der Waals surface area (Å²) in [5.41, 5.74) is -0.451. The number of fused-ring (bicyclic) bond motifs is 1. The third kappa shape index (κ3) is 3.10. The van der Waals surface area contributed by atoms with Crippen LogP contribution >= 0.6 is 0 Å². The van der Waals surface area contributed by atoms with Crippen molar-refractivity contribution in [2.45, 2.75) is 0 Å². The molecule has 0 saturated heterocycles. The summed E-state index contributed by atoms with van der Waals surface area (Å²) in [4.78, 5) is 12.8. The van der Waals surface area contributed by atoms with Crippen molar-refractivity contribution < 1.29 is 38.3 Å². The molecule has 2 N–H and O–H groups in total. The van der Waals surface area contributed by atoms with E-state index in [0.717, 1.165) is 6.07 Å². The number of benzene rings is 2. The van der Waals surface area contributed by atoms with Crippen molar-refractivity contribution in [3.8, 4) is 51.6 Å². The van der Waals surface area contributed by atoms with E-state index in [-0.39, 0.29) is 56.8 Å². The second-order valence-electron chi connectivity index (χ2n) is 5.85. The molecule has 0 saturated carbocycles. The van der Waals surface area contributed by atoms with E-state index in [0.29, 0.717) is 0 Å². The summed E-state index contributed by atoms with van der Waals surface area (Å²) in [6.07, 6.45) is 0. The molecule has 29 heavy (non-hydrogen) atoms. The second kappa shape index (κ2) is 7.70. The number of rotatable bonds is 6. The standard InChI is InChI=1S/C20H20O9/c1-24-10-7-13(25-2)20(28-5)18(23)16(10)11-6-9(21)15-12(29-11)8-14(26-3)19(27-4)17(15)22/h6-8,22-23H,1-5H3. The molecule has 3 rings (SSSR count). The first-order valence-corrected chi connectivity index (χ1v) is 8.35. The predicted molar refractivity (Wildman–Crippen MR) is 104 cm³/mol. The van der Waals surface area contributed by atoms with E-state index in [1.165, 1.54) is 47.7 Å². The van der Waals surface area contributed by atoms with Crippen molar-refractivity contribution in [2.24, 2.45) is 0 Å². The van der Waals surface area contributed by atoms with Gasteiger partial charge in [-0.3, -0.25) is 4.79 Å². The molecule has 0 amide bonds. The normalized spacial score (nSPS) is 10.7. The van der Waals surface area contributed by atoms with E-state index in [4.69, 9.17) is 28.1 Å². The first-order valence-electron chi connectivity index (χ1n) is 8.35. The topological polar surface area (TPSA) is 117 Å². The van der Waals surface area contributed by atoms with Crippen molar-refractivity contribution in [1.82, 2.24) is 0 Å². The van der Waals surface area contributed by atoms with Gasteiger partial charge in [0.2, 0.25) is 11.5 Å². The Bertz CT molecular complexity index is 1130. The minimum Gasteiger partial charge on any atom is -0.504 e. The summed E-state index contributed by atoms with van der Waals surface area (Å²) in [5.74, 6) is -0.120. The van der Waals surface area contributed by atoms with Crippen LogP contribution in [0.3, 0.4) is 0 Å². The summed E-state index contributed by atoms with van der Waals surface area (Å²) in [6, 6.07) is 4.02. The molecule has 0 atom stereocenters. The zero-order valence-electron chi connectivity index (χ0n) is 16.5. The molecule has 1 heterocycles. The Labute approximate surface area is 165 Å². The fraction of sp³-hybridized carbons (Fsp3) is 0.250. The van der Waals surface area contributed by atoms with Crippen molar-refractivity contribution in [2.75, 3.05) is 35.5 Å². The Hall–Kier alpha value is -3.75. The van der Waals surface area contributed by atoms with Gasteiger partial charge in [0.25, 0.3) is 0 Å². The molecule has 0 spiro atoms. The Morgan fingerprint density at radius 3 is 1.83 bits per heavy atom. The van der Waals surface area contributed by atoms with E-state index in [1.807, 2.05) is 0 Å². The van der Waals surface area contributed by atoms with Crippen molar-refractivity contribution in [1.29, 1.82) is 0 Å². The predicted octanol–water partition coefficient (Wildman–Crippen LogP) is 2.91. The maximum Gasteiger partial charge on any atom is 0.204 e. The fourth-order valence-electron chi connectivity index (χ4n) is 3.09. The van der Waals surface area contributed by atoms with Gasteiger partial charge in [-0.2, -0.15) is 0 Å². The molecule has 0 unspecified atom stereocenters. The van der Waals surface area contributed by atoms with Gasteiger partial charge < -0.3 is 38.3 Å². The maximum absolute atomic E-state index is 12.8. The quantitative estimate of drug-likeness (QED) is 0.639. The lowest BCUT2D eigenvalue weighted by Crippen LogP contribution is -2.04. The SMILES string of the molecule is COc1cc(OC)c(-c2cc(=O)c3c(O)c(OC)c(OC)cc3o2)c(O)c1OC. The number of phenolic OH excluding ortho intramolecular Hbond substituents is 2. The molecule has 9 nitrogen and oxygen atoms in total. The Morgan fingerprint density at radius 2 is 1.28 bits per heavy atom. The van der Waals surface area contributed by atoms with E-state index < -0.39 is 11.2 Å². The van der Waals surface area contributed by atoms with E-state index in [1.54, 1.807) is 0 Å². The molecule has 154 valence electrons. The highest BCUT2D eigenvalue weighted by Gasteiger charge is 2.25. The highest BCUT2D eigenvalue weighted by molar-refractivity contribution is 5.90. The van der Waals surface area contributed by atoms with Gasteiger partial charge in [-0.05, 0) is 0 Å². The van der Waals surface area contributed by atoms with Gasteiger partial charge in [-0.25, -0.2) is 0 Å². The highest BCUT2D eigenvalue weighted by Crippen LogP contribution is 2.50. The van der Waals surface area contributed by atoms with Crippen LogP contribution in [0.5, 0.6) is 40.2 Å². The van der Waals surface area contributed by atoms with Gasteiger partial charge >= 0.3 is 0 Å². The Balaban J connectivity index is 2.39. The average molecular weight is 404 g/mol. The lowest BCUT2D eigenvalue weighted by molar-refractivity contribution is 0.327. The van der Waals surface area contributed by atoms with Gasteiger partial charge in [0.05, 0.1) is 35.5 Å². The second-order valence-corrected chi connectivity index (χ2v) is 5.85. The Morgan fingerprint density at radius 1 is 0.724 bits per heavy atom. The molecular formula is C20H20O9. The van der Waals surface area contributed by atoms with Crippen LogP contribution in [-0.4, -0.2) is 45.8 Å². The zero-order chi connectivity index (χ0) is 21.3. The van der Waals surface area contributed by atoms with Crippen LogP contribution in [0.15, 0.2) is 27.4 Å². The molecule has 0 aliphatic heterocycles. The number of phenols is 2. The van der Waals surface area contributed by atoms with E-state index in [9.17, 15) is 15.0 Å². The lowest BCUT2D eigenvalue weighted by Gasteiger charge is -2.16. The van der Waals surface area contributed by atoms with Gasteiger partial charge in [-0.15, -0.1) is 0 Å². The summed E-state index contributed by atoms with van der Waals surface area (Å²) in [5, 5.41) is 21.1. The average Bonchev–Trinajstić information content (AvgIpc) is 2.71. The highest BCUT2D eigenvalue weighted by atomic mass is 16.5. The first-order chi connectivity index (χ1) is 13.9. The number of aromatic hydroxyl groups is 2. The van der Waals surface area contributed by atoms with Crippen molar-refractivity contribution in [3.63, 3.8) is 0 Å². The van der Waals surface area contributed by atoms with E-state index >= 15 is 0 Å². The lowest BCUT2D eigenvalue weighted by atomic mass is 10.1. The Kier molecular flexibility index (Phi) is 5.31. The van der Waals surface area contributed by atoms with Crippen LogP contribution in [0, 0.1) is 0 Å². The monoisotopic (exact) mass is 404 g/mol. The summed E-state index contributed by atoms with van der Waals surface area (Å²) >= 11 is 0. The van der Waals surface area contributed by atoms with Gasteiger partial charge in [0.1, 0.15) is 28.0 Å². The fourth-order valence-corrected chi connectivity index (χ4v) is 3.09. The molecule has 0 aliphatic carbocycles. The van der Waals surface area contributed by atoms with Crippen LogP contribution in [-0.2, 0) is 0 Å². The summed E-state index contributed by atoms with van der Waals surface area (Å²) in [6.45, 7) is 0. The molecule has 0 radical (unpaired) electrons. The molecule has 0 aliphatic rings. The maximum atomic E-state index is 12.8. The minimum absolute atomic E-state index is 0.00611. The van der Waals surface area contributed by atoms with Crippen molar-refractivity contribution in [3.05, 3.63) is 28.4 Å². The minimum atomic E-state index is -0.559. The number of methoxy groups -OCH3 is 5. The summed E-state index contributed by atoms with van der Waals surface area (Å²) in [7, 11) is 6.89. The van der Waals surface area contributed by atoms with Crippen LogP contribution < -0.4 is 29.1 Å². The summed E-state index contributed by atoms with van der Waals surface area (Å²) < 4.78 is 31.8. The van der Waals surface area contributed by atoms with Crippen LogP contribution in [0.2, 0.25) is 0 Å². The molecule has 9 heteroatoms. The van der Waals surface area contributed by atoms with Crippen LogP contribution in [0.1, 0.15) is 0 Å². The molecule has 0 bridgehead atoms. The third-order valence-corrected chi connectivity index (χ3v) is 4.41. The van der Waals surface area contributed by atoms with E-state index in [2.05, 4.69) is 0 Å². The van der Waals surface area contributed by atoms with Crippen molar-refractivity contribution >= 4 is 11.0 Å². The van der Waals surface area contributed by atoms with Crippen LogP contribution in [0.4, 0.5) is 0 Å². The van der Waals surface area contributed by atoms with Gasteiger partial charge in [-0.1, -0.05) is 0 Å². The zero-order valence-corrected chi connectivity index (χ0v) is 16.5. The van der Waals surface area contributed by atoms with Crippen LogP contribution in [0.25, 0.3) is 22.3 Å².